The Labute approximate surface area is 173 Å². The molecule has 0 spiro atoms. The standard InChI is InChI=1S/C22H28NO5P/c1-3-27-29(28-4-2)16-8-9-17-12-14-18(15-13-17)20(22(25)26)23-21(24)19-10-6-5-7-11-19/h5-7,10-15,20H,3-4,8-9,16H2,1-2H3,(H,23,24)(H,25,26). The topological polar surface area (TPSA) is 84.9 Å². The maximum Gasteiger partial charge on any atom is 0.330 e. The van der Waals surface area contributed by atoms with E-state index in [1.54, 1.807) is 42.5 Å². The second kappa shape index (κ2) is 12.3. The van der Waals surface area contributed by atoms with Crippen molar-refractivity contribution in [1.29, 1.82) is 0 Å². The molecule has 0 radical (unpaired) electrons. The van der Waals surface area contributed by atoms with Crippen molar-refractivity contribution in [2.24, 2.45) is 0 Å². The Morgan fingerprint density at radius 3 is 2.17 bits per heavy atom. The Balaban J connectivity index is 1.95. The molecule has 0 aliphatic carbocycles. The molecule has 2 rings (SSSR count). The number of benzene rings is 2. The first kappa shape index (κ1) is 23.0. The summed E-state index contributed by atoms with van der Waals surface area (Å²) in [6.45, 7) is 5.21. The summed E-state index contributed by atoms with van der Waals surface area (Å²) < 4.78 is 11.2. The number of carbonyl (C=O) groups is 2. The number of nitrogens with one attached hydrogen (secondary N) is 1. The van der Waals surface area contributed by atoms with Crippen LogP contribution in [0.1, 0.15) is 47.8 Å². The minimum atomic E-state index is -1.10. The van der Waals surface area contributed by atoms with Crippen LogP contribution in [-0.2, 0) is 20.3 Å². The first-order chi connectivity index (χ1) is 14.0. The molecule has 156 valence electrons. The van der Waals surface area contributed by atoms with Gasteiger partial charge < -0.3 is 19.5 Å². The normalized spacial score (nSPS) is 12.0. The van der Waals surface area contributed by atoms with Crippen LogP contribution in [0.5, 0.6) is 0 Å². The summed E-state index contributed by atoms with van der Waals surface area (Å²) in [5.41, 5.74) is 2.07. The van der Waals surface area contributed by atoms with Gasteiger partial charge in [-0.05, 0) is 49.9 Å². The van der Waals surface area contributed by atoms with E-state index in [1.807, 2.05) is 26.0 Å². The second-order valence-electron chi connectivity index (χ2n) is 6.35. The lowest BCUT2D eigenvalue weighted by Crippen LogP contribution is -2.33. The first-order valence-corrected chi connectivity index (χ1v) is 11.1. The summed E-state index contributed by atoms with van der Waals surface area (Å²) in [6, 6.07) is 14.8. The lowest BCUT2D eigenvalue weighted by Gasteiger charge is -2.16. The van der Waals surface area contributed by atoms with Crippen molar-refractivity contribution in [3.05, 3.63) is 71.3 Å². The fourth-order valence-corrected chi connectivity index (χ4v) is 4.16. The highest BCUT2D eigenvalue weighted by Crippen LogP contribution is 2.38. The van der Waals surface area contributed by atoms with Gasteiger partial charge in [0.15, 0.2) is 14.4 Å². The van der Waals surface area contributed by atoms with Gasteiger partial charge in [-0.25, -0.2) is 4.79 Å². The van der Waals surface area contributed by atoms with Crippen LogP contribution in [0, 0.1) is 0 Å². The highest BCUT2D eigenvalue weighted by molar-refractivity contribution is 7.47. The summed E-state index contributed by atoms with van der Waals surface area (Å²) in [5, 5.41) is 12.1. The molecule has 2 aromatic carbocycles. The van der Waals surface area contributed by atoms with E-state index in [9.17, 15) is 14.7 Å². The van der Waals surface area contributed by atoms with Crippen molar-refractivity contribution >= 4 is 20.3 Å². The zero-order chi connectivity index (χ0) is 21.1. The molecular weight excluding hydrogens is 389 g/mol. The lowest BCUT2D eigenvalue weighted by atomic mass is 10.0. The van der Waals surface area contributed by atoms with Crippen LogP contribution in [-0.4, -0.2) is 36.4 Å². The van der Waals surface area contributed by atoms with E-state index in [1.165, 1.54) is 0 Å². The predicted molar refractivity (Wildman–Crippen MR) is 114 cm³/mol. The van der Waals surface area contributed by atoms with Gasteiger partial charge in [-0.15, -0.1) is 0 Å². The van der Waals surface area contributed by atoms with Crippen molar-refractivity contribution < 1.29 is 23.7 Å². The quantitative estimate of drug-likeness (QED) is 0.495. The van der Waals surface area contributed by atoms with Crippen LogP contribution in [0.25, 0.3) is 0 Å². The van der Waals surface area contributed by atoms with Crippen molar-refractivity contribution in [2.45, 2.75) is 32.7 Å². The van der Waals surface area contributed by atoms with Crippen LogP contribution < -0.4 is 5.32 Å². The molecule has 0 aromatic heterocycles. The minimum Gasteiger partial charge on any atom is -0.479 e. The Morgan fingerprint density at radius 2 is 1.62 bits per heavy atom. The van der Waals surface area contributed by atoms with Gasteiger partial charge >= 0.3 is 5.97 Å². The number of rotatable bonds is 12. The third-order valence-corrected chi connectivity index (χ3v) is 6.00. The van der Waals surface area contributed by atoms with Gasteiger partial charge in [-0.1, -0.05) is 42.5 Å². The maximum absolute atomic E-state index is 12.3. The smallest absolute Gasteiger partial charge is 0.330 e. The zero-order valence-electron chi connectivity index (χ0n) is 16.8. The SMILES string of the molecule is CCOP(CCCc1ccc(C(NC(=O)c2ccccc2)C(=O)O)cc1)OCC. The summed E-state index contributed by atoms with van der Waals surface area (Å²) >= 11 is 0. The number of aliphatic carboxylic acids is 1. The van der Waals surface area contributed by atoms with Crippen molar-refractivity contribution in [3.8, 4) is 0 Å². The van der Waals surface area contributed by atoms with E-state index in [0.717, 1.165) is 24.6 Å². The Morgan fingerprint density at radius 1 is 1.00 bits per heavy atom. The van der Waals surface area contributed by atoms with Gasteiger partial charge in [0.2, 0.25) is 0 Å². The molecule has 0 aliphatic heterocycles. The third kappa shape index (κ3) is 7.58. The van der Waals surface area contributed by atoms with Crippen molar-refractivity contribution in [2.75, 3.05) is 19.4 Å². The predicted octanol–water partition coefficient (Wildman–Crippen LogP) is 4.56. The maximum atomic E-state index is 12.3. The van der Waals surface area contributed by atoms with Gasteiger partial charge in [0.1, 0.15) is 0 Å². The van der Waals surface area contributed by atoms with E-state index >= 15 is 0 Å². The van der Waals surface area contributed by atoms with Gasteiger partial charge in [-0.3, -0.25) is 4.79 Å². The zero-order valence-corrected chi connectivity index (χ0v) is 17.7. The summed E-state index contributed by atoms with van der Waals surface area (Å²) in [4.78, 5) is 24.0. The van der Waals surface area contributed by atoms with E-state index in [4.69, 9.17) is 9.05 Å². The fourth-order valence-electron chi connectivity index (χ4n) is 2.83. The number of hydrogen-bond acceptors (Lipinski definition) is 4. The summed E-state index contributed by atoms with van der Waals surface area (Å²) in [5.74, 6) is -1.51. The van der Waals surface area contributed by atoms with Gasteiger partial charge in [-0.2, -0.15) is 0 Å². The lowest BCUT2D eigenvalue weighted by molar-refractivity contribution is -0.139. The highest BCUT2D eigenvalue weighted by Gasteiger charge is 2.22. The molecule has 1 unspecified atom stereocenters. The highest BCUT2D eigenvalue weighted by atomic mass is 31.2. The van der Waals surface area contributed by atoms with Crippen LogP contribution >= 0.6 is 8.38 Å². The molecule has 2 aromatic rings. The molecule has 2 N–H and O–H groups in total. The average Bonchev–Trinajstić information content (AvgIpc) is 2.73. The molecule has 7 heteroatoms. The molecule has 1 amide bonds. The van der Waals surface area contributed by atoms with Crippen LogP contribution in [0.3, 0.4) is 0 Å². The van der Waals surface area contributed by atoms with Crippen molar-refractivity contribution in [3.63, 3.8) is 0 Å². The number of carboxylic acids is 1. The Bertz CT molecular complexity index is 761. The Kier molecular flexibility index (Phi) is 9.78. The van der Waals surface area contributed by atoms with Crippen molar-refractivity contribution in [1.82, 2.24) is 5.32 Å². The number of carboxylic acid groups (broad SMARTS) is 1. The number of amides is 1. The summed E-state index contributed by atoms with van der Waals surface area (Å²) in [7, 11) is -0.840. The molecule has 0 aliphatic rings. The number of carbonyl (C=O) groups excluding carboxylic acids is 1. The van der Waals surface area contributed by atoms with Gasteiger partial charge in [0.25, 0.3) is 5.91 Å². The number of aryl methyl sites for hydroxylation is 1. The molecular formula is C22H28NO5P. The fraction of sp³-hybridized carbons (Fsp3) is 0.364. The second-order valence-corrected chi connectivity index (χ2v) is 7.98. The molecule has 0 saturated carbocycles. The Hall–Kier alpha value is -2.27. The van der Waals surface area contributed by atoms with E-state index in [2.05, 4.69) is 5.32 Å². The van der Waals surface area contributed by atoms with E-state index in [-0.39, 0.29) is 0 Å². The van der Waals surface area contributed by atoms with Crippen LogP contribution in [0.15, 0.2) is 54.6 Å². The minimum absolute atomic E-state index is 0.415. The molecule has 0 saturated heterocycles. The monoisotopic (exact) mass is 417 g/mol. The molecule has 0 fully saturated rings. The molecule has 0 bridgehead atoms. The van der Waals surface area contributed by atoms with Gasteiger partial charge in [0, 0.05) is 11.7 Å². The summed E-state index contributed by atoms with van der Waals surface area (Å²) in [6.07, 6.45) is 2.65. The molecule has 6 nitrogen and oxygen atoms in total. The van der Waals surface area contributed by atoms with E-state index in [0.29, 0.717) is 24.3 Å². The molecule has 0 heterocycles. The van der Waals surface area contributed by atoms with Gasteiger partial charge in [0.05, 0.1) is 13.2 Å². The van der Waals surface area contributed by atoms with Crippen LogP contribution in [0.4, 0.5) is 0 Å². The average molecular weight is 417 g/mol. The van der Waals surface area contributed by atoms with E-state index < -0.39 is 26.3 Å². The largest absolute Gasteiger partial charge is 0.479 e. The third-order valence-electron chi connectivity index (χ3n) is 4.22. The molecule has 29 heavy (non-hydrogen) atoms. The van der Waals surface area contributed by atoms with Crippen LogP contribution in [0.2, 0.25) is 0 Å². The number of hydrogen-bond donors (Lipinski definition) is 2. The molecule has 1 atom stereocenters. The first-order valence-electron chi connectivity index (χ1n) is 9.76.